The Labute approximate surface area is 150 Å². The second-order valence-corrected chi connectivity index (χ2v) is 5.80. The van der Waals surface area contributed by atoms with Gasteiger partial charge in [-0.05, 0) is 36.6 Å². The van der Waals surface area contributed by atoms with E-state index in [0.717, 1.165) is 12.8 Å². The zero-order valence-electron chi connectivity index (χ0n) is 14.0. The monoisotopic (exact) mass is 358 g/mol. The smallest absolute Gasteiger partial charge is 0.349 e. The Morgan fingerprint density at radius 1 is 1.35 bits per heavy atom. The molecule has 136 valence electrons. The summed E-state index contributed by atoms with van der Waals surface area (Å²) in [6, 6.07) is 6.81. The summed E-state index contributed by atoms with van der Waals surface area (Å²) in [5.74, 6) is -0.157. The zero-order valence-corrected chi connectivity index (χ0v) is 14.0. The largest absolute Gasteiger partial charge is 0.454 e. The summed E-state index contributed by atoms with van der Waals surface area (Å²) in [6.45, 7) is 0.766. The summed E-state index contributed by atoms with van der Waals surface area (Å²) in [5, 5.41) is 11.8. The highest BCUT2D eigenvalue weighted by Crippen LogP contribution is 2.33. The number of nitrogens with zero attached hydrogens (tertiary/aromatic N) is 1. The lowest BCUT2D eigenvalue weighted by Crippen LogP contribution is -2.34. The summed E-state index contributed by atoms with van der Waals surface area (Å²) in [5.41, 5.74) is 0.376. The first kappa shape index (κ1) is 17.8. The molecule has 0 saturated carbocycles. The summed E-state index contributed by atoms with van der Waals surface area (Å²) in [6.07, 6.45) is 3.26. The molecule has 1 N–H and O–H groups in total. The predicted molar refractivity (Wildman–Crippen MR) is 89.1 cm³/mol. The summed E-state index contributed by atoms with van der Waals surface area (Å²) < 4.78 is 20.7. The lowest BCUT2D eigenvalue weighted by atomic mass is 10.1. The molecule has 1 amide bonds. The molecule has 2 heterocycles. The fourth-order valence-corrected chi connectivity index (χ4v) is 2.60. The van der Waals surface area contributed by atoms with Crippen LogP contribution in [0.2, 0.25) is 0 Å². The van der Waals surface area contributed by atoms with Gasteiger partial charge in [0, 0.05) is 13.2 Å². The molecule has 8 nitrogen and oxygen atoms in total. The number of hydrogen-bond donors (Lipinski definition) is 1. The minimum Gasteiger partial charge on any atom is -0.454 e. The van der Waals surface area contributed by atoms with Gasteiger partial charge in [0.1, 0.15) is 11.6 Å². The maximum atomic E-state index is 12.0. The van der Waals surface area contributed by atoms with Gasteiger partial charge in [-0.3, -0.25) is 4.79 Å². The summed E-state index contributed by atoms with van der Waals surface area (Å²) >= 11 is 0. The van der Waals surface area contributed by atoms with E-state index in [1.54, 1.807) is 24.3 Å². The number of hydrogen-bond acceptors (Lipinski definition) is 7. The normalized spacial score (nSPS) is 18.3. The van der Waals surface area contributed by atoms with Crippen LogP contribution in [0.4, 0.5) is 0 Å². The number of carbonyl (C=O) groups excluding carboxylic acids is 2. The molecule has 0 spiro atoms. The lowest BCUT2D eigenvalue weighted by Gasteiger charge is -2.10. The molecule has 2 aliphatic rings. The first-order valence-electron chi connectivity index (χ1n) is 8.22. The van der Waals surface area contributed by atoms with Crippen LogP contribution in [0, 0.1) is 11.3 Å². The van der Waals surface area contributed by atoms with E-state index in [9.17, 15) is 14.9 Å². The van der Waals surface area contributed by atoms with Crippen molar-refractivity contribution in [2.75, 3.05) is 26.6 Å². The predicted octanol–water partition coefficient (Wildman–Crippen LogP) is 1.16. The first-order valence-corrected chi connectivity index (χ1v) is 8.22. The number of carbonyl (C=O) groups is 2. The summed E-state index contributed by atoms with van der Waals surface area (Å²) in [7, 11) is 0. The van der Waals surface area contributed by atoms with E-state index < -0.39 is 18.5 Å². The van der Waals surface area contributed by atoms with E-state index in [1.807, 2.05) is 0 Å². The molecule has 26 heavy (non-hydrogen) atoms. The second kappa shape index (κ2) is 8.36. The minimum absolute atomic E-state index is 0.00947. The van der Waals surface area contributed by atoms with Gasteiger partial charge in [0.05, 0.1) is 6.10 Å². The van der Waals surface area contributed by atoms with Gasteiger partial charge in [-0.15, -0.1) is 0 Å². The third-order valence-electron chi connectivity index (χ3n) is 3.93. The number of benzene rings is 1. The molecule has 0 aromatic heterocycles. The van der Waals surface area contributed by atoms with Crippen molar-refractivity contribution in [2.24, 2.45) is 0 Å². The van der Waals surface area contributed by atoms with Crippen LogP contribution in [0.1, 0.15) is 18.4 Å². The van der Waals surface area contributed by atoms with Crippen molar-refractivity contribution in [1.29, 1.82) is 5.26 Å². The van der Waals surface area contributed by atoms with E-state index >= 15 is 0 Å². The van der Waals surface area contributed by atoms with Crippen molar-refractivity contribution >= 4 is 18.0 Å². The maximum absolute atomic E-state index is 12.0. The molecule has 0 radical (unpaired) electrons. The summed E-state index contributed by atoms with van der Waals surface area (Å²) in [4.78, 5) is 23.7. The molecule has 1 saturated heterocycles. The van der Waals surface area contributed by atoms with Crippen molar-refractivity contribution < 1.29 is 28.5 Å². The third kappa shape index (κ3) is 4.52. The van der Waals surface area contributed by atoms with Gasteiger partial charge in [-0.25, -0.2) is 4.79 Å². The molecule has 1 unspecified atom stereocenters. The van der Waals surface area contributed by atoms with Crippen LogP contribution in [-0.4, -0.2) is 44.5 Å². The van der Waals surface area contributed by atoms with Crippen molar-refractivity contribution in [2.45, 2.75) is 18.9 Å². The van der Waals surface area contributed by atoms with Crippen LogP contribution in [0.15, 0.2) is 23.8 Å². The number of rotatable bonds is 6. The first-order chi connectivity index (χ1) is 12.7. The molecular formula is C18H18N2O6. The number of nitriles is 1. The number of amides is 1. The number of ether oxygens (including phenoxy) is 4. The van der Waals surface area contributed by atoms with Crippen molar-refractivity contribution in [3.63, 3.8) is 0 Å². The van der Waals surface area contributed by atoms with Gasteiger partial charge < -0.3 is 24.3 Å². The Hall–Kier alpha value is -3.05. The van der Waals surface area contributed by atoms with Crippen LogP contribution < -0.4 is 14.8 Å². The highest BCUT2D eigenvalue weighted by molar-refractivity contribution is 5.98. The minimum atomic E-state index is -0.863. The number of fused-ring (bicyclic) bond motifs is 1. The quantitative estimate of drug-likeness (QED) is 0.462. The molecule has 2 aliphatic heterocycles. The molecule has 1 atom stereocenters. The van der Waals surface area contributed by atoms with Crippen molar-refractivity contribution in [1.82, 2.24) is 5.32 Å². The van der Waals surface area contributed by atoms with E-state index in [2.05, 4.69) is 5.32 Å². The Morgan fingerprint density at radius 2 is 2.19 bits per heavy atom. The number of nitrogens with one attached hydrogen (secondary N) is 1. The van der Waals surface area contributed by atoms with Gasteiger partial charge in [0.25, 0.3) is 5.91 Å². The van der Waals surface area contributed by atoms with Gasteiger partial charge in [0.2, 0.25) is 6.79 Å². The van der Waals surface area contributed by atoms with Crippen LogP contribution in [0.5, 0.6) is 11.5 Å². The molecule has 1 aromatic carbocycles. The Bertz CT molecular complexity index is 761. The molecule has 0 aliphatic carbocycles. The van der Waals surface area contributed by atoms with Gasteiger partial charge >= 0.3 is 5.97 Å². The fourth-order valence-electron chi connectivity index (χ4n) is 2.60. The molecule has 1 aromatic rings. The van der Waals surface area contributed by atoms with E-state index in [0.29, 0.717) is 30.2 Å². The molecular weight excluding hydrogens is 340 g/mol. The molecule has 1 fully saturated rings. The molecule has 3 rings (SSSR count). The third-order valence-corrected chi connectivity index (χ3v) is 3.93. The van der Waals surface area contributed by atoms with Crippen LogP contribution in [0.25, 0.3) is 6.08 Å². The van der Waals surface area contributed by atoms with E-state index in [-0.39, 0.29) is 18.5 Å². The van der Waals surface area contributed by atoms with Crippen LogP contribution in [0.3, 0.4) is 0 Å². The van der Waals surface area contributed by atoms with Crippen molar-refractivity contribution in [3.8, 4) is 17.6 Å². The highest BCUT2D eigenvalue weighted by Gasteiger charge is 2.18. The van der Waals surface area contributed by atoms with Gasteiger partial charge in [-0.1, -0.05) is 6.07 Å². The number of esters is 1. The van der Waals surface area contributed by atoms with Gasteiger partial charge in [-0.2, -0.15) is 5.26 Å². The van der Waals surface area contributed by atoms with Crippen LogP contribution >= 0.6 is 0 Å². The van der Waals surface area contributed by atoms with Crippen LogP contribution in [-0.2, 0) is 19.1 Å². The average molecular weight is 358 g/mol. The fraction of sp³-hybridized carbons (Fsp3) is 0.389. The lowest BCUT2D eigenvalue weighted by molar-refractivity contribution is -0.144. The second-order valence-electron chi connectivity index (χ2n) is 5.80. The van der Waals surface area contributed by atoms with E-state index in [4.69, 9.17) is 18.9 Å². The standard InChI is InChI=1S/C18H18N2O6/c19-8-13(6-12-3-4-15-16(7-12)26-11-25-15)18(22)24-10-17(21)20-9-14-2-1-5-23-14/h3-4,6-7,14H,1-2,5,9-11H2,(H,20,21). The Kier molecular flexibility index (Phi) is 5.71. The SMILES string of the molecule is N#CC(=Cc1ccc2c(c1)OCO2)C(=O)OCC(=O)NCC1CCCO1. The van der Waals surface area contributed by atoms with Crippen molar-refractivity contribution in [3.05, 3.63) is 29.3 Å². The molecule has 8 heteroatoms. The Morgan fingerprint density at radius 3 is 2.96 bits per heavy atom. The van der Waals surface area contributed by atoms with Gasteiger partial charge in [0.15, 0.2) is 18.1 Å². The topological polar surface area (TPSA) is 107 Å². The average Bonchev–Trinajstić information content (AvgIpc) is 3.33. The highest BCUT2D eigenvalue weighted by atomic mass is 16.7. The molecule has 0 bridgehead atoms. The maximum Gasteiger partial charge on any atom is 0.349 e. The zero-order chi connectivity index (χ0) is 18.4. The van der Waals surface area contributed by atoms with E-state index in [1.165, 1.54) is 6.08 Å². The Balaban J connectivity index is 1.51.